The Bertz CT molecular complexity index is 326. The summed E-state index contributed by atoms with van der Waals surface area (Å²) < 4.78 is 16.4. The second-order valence-electron chi connectivity index (χ2n) is 4.55. The molecular formula is C12H16O3. The van der Waals surface area contributed by atoms with E-state index < -0.39 is 0 Å². The van der Waals surface area contributed by atoms with Gasteiger partial charge in [0, 0.05) is 18.1 Å². The van der Waals surface area contributed by atoms with E-state index in [1.54, 1.807) is 7.11 Å². The molecule has 3 aliphatic rings. The molecule has 1 aliphatic heterocycles. The molecule has 0 aromatic rings. The van der Waals surface area contributed by atoms with Gasteiger partial charge in [-0.3, -0.25) is 0 Å². The molecule has 1 saturated heterocycles. The van der Waals surface area contributed by atoms with Crippen molar-refractivity contribution >= 4 is 0 Å². The molecule has 15 heavy (non-hydrogen) atoms. The van der Waals surface area contributed by atoms with Crippen LogP contribution in [0.25, 0.3) is 0 Å². The Labute approximate surface area is 89.7 Å². The third-order valence-corrected chi connectivity index (χ3v) is 3.52. The average molecular weight is 208 g/mol. The topological polar surface area (TPSA) is 27.7 Å². The number of methoxy groups -OCH3 is 1. The Hall–Kier alpha value is -0.800. The molecule has 3 rings (SSSR count). The first-order valence-electron chi connectivity index (χ1n) is 5.50. The van der Waals surface area contributed by atoms with E-state index in [0.29, 0.717) is 12.2 Å². The summed E-state index contributed by atoms with van der Waals surface area (Å²) in [5.41, 5.74) is 1.72. The second kappa shape index (κ2) is 3.35. The quantitative estimate of drug-likeness (QED) is 0.664. The molecule has 1 unspecified atom stereocenters. The number of allylic oxidation sites excluding steroid dienone is 1. The van der Waals surface area contributed by atoms with Crippen molar-refractivity contribution in [2.75, 3.05) is 20.5 Å². The van der Waals surface area contributed by atoms with E-state index in [2.05, 4.69) is 12.2 Å². The third kappa shape index (κ3) is 1.42. The Morgan fingerprint density at radius 2 is 2.40 bits per heavy atom. The van der Waals surface area contributed by atoms with E-state index in [4.69, 9.17) is 14.2 Å². The highest BCUT2D eigenvalue weighted by atomic mass is 16.7. The van der Waals surface area contributed by atoms with Gasteiger partial charge in [-0.05, 0) is 25.3 Å². The maximum atomic E-state index is 5.81. The van der Waals surface area contributed by atoms with Crippen LogP contribution >= 0.6 is 0 Å². The Morgan fingerprint density at radius 3 is 3.13 bits per heavy atom. The molecule has 0 amide bonds. The van der Waals surface area contributed by atoms with Gasteiger partial charge in [0.1, 0.15) is 5.76 Å². The van der Waals surface area contributed by atoms with Crippen LogP contribution in [0.1, 0.15) is 19.3 Å². The first-order valence-corrected chi connectivity index (χ1v) is 5.50. The van der Waals surface area contributed by atoms with E-state index in [1.807, 2.05) is 0 Å². The minimum atomic E-state index is 0.268. The highest BCUT2D eigenvalue weighted by Crippen LogP contribution is 2.59. The highest BCUT2D eigenvalue weighted by Gasteiger charge is 2.55. The van der Waals surface area contributed by atoms with E-state index in [-0.39, 0.29) is 6.10 Å². The molecule has 2 aliphatic carbocycles. The van der Waals surface area contributed by atoms with E-state index in [1.165, 1.54) is 18.4 Å². The van der Waals surface area contributed by atoms with Gasteiger partial charge < -0.3 is 14.2 Å². The summed E-state index contributed by atoms with van der Waals surface area (Å²) in [5, 5.41) is 0. The van der Waals surface area contributed by atoms with Gasteiger partial charge in [-0.15, -0.1) is 0 Å². The van der Waals surface area contributed by atoms with Crippen LogP contribution in [0.3, 0.4) is 0 Å². The molecule has 3 nitrogen and oxygen atoms in total. The van der Waals surface area contributed by atoms with E-state index >= 15 is 0 Å². The van der Waals surface area contributed by atoms with Gasteiger partial charge in [0.15, 0.2) is 6.79 Å². The Kier molecular flexibility index (Phi) is 2.11. The van der Waals surface area contributed by atoms with Crippen LogP contribution in [-0.2, 0) is 14.2 Å². The fourth-order valence-corrected chi connectivity index (χ4v) is 2.57. The monoisotopic (exact) mass is 208 g/mol. The first-order chi connectivity index (χ1) is 7.36. The number of fused-ring (bicyclic) bond motifs is 2. The Morgan fingerprint density at radius 1 is 1.53 bits per heavy atom. The average Bonchev–Trinajstić information content (AvgIpc) is 2.94. The van der Waals surface area contributed by atoms with Gasteiger partial charge >= 0.3 is 0 Å². The molecule has 1 saturated carbocycles. The van der Waals surface area contributed by atoms with Gasteiger partial charge in [0.25, 0.3) is 0 Å². The standard InChI is InChI=1S/C12H16O3/c1-13-8-15-10-4-2-3-9-11(10)12(5-6-12)7-14-9/h2,4,9H,3,5-8H2,1H3. The third-order valence-electron chi connectivity index (χ3n) is 3.52. The number of ether oxygens (including phenoxy) is 3. The van der Waals surface area contributed by atoms with Crippen LogP contribution in [0.2, 0.25) is 0 Å². The lowest BCUT2D eigenvalue weighted by atomic mass is 9.89. The largest absolute Gasteiger partial charge is 0.468 e. The molecule has 1 atom stereocenters. The second-order valence-corrected chi connectivity index (χ2v) is 4.55. The molecule has 0 aromatic heterocycles. The Balaban J connectivity index is 1.89. The minimum Gasteiger partial charge on any atom is -0.468 e. The zero-order valence-corrected chi connectivity index (χ0v) is 8.99. The van der Waals surface area contributed by atoms with Crippen LogP contribution in [-0.4, -0.2) is 26.6 Å². The molecule has 0 radical (unpaired) electrons. The van der Waals surface area contributed by atoms with Crippen LogP contribution in [0.4, 0.5) is 0 Å². The summed E-state index contributed by atoms with van der Waals surface area (Å²) in [6, 6.07) is 0. The lowest BCUT2D eigenvalue weighted by molar-refractivity contribution is 0.00674. The molecule has 1 heterocycles. The van der Waals surface area contributed by atoms with Crippen molar-refractivity contribution in [1.82, 2.24) is 0 Å². The van der Waals surface area contributed by atoms with Crippen LogP contribution in [0.15, 0.2) is 23.5 Å². The molecule has 3 heteroatoms. The highest BCUT2D eigenvalue weighted by molar-refractivity contribution is 5.39. The maximum absolute atomic E-state index is 5.81. The van der Waals surface area contributed by atoms with Crippen molar-refractivity contribution in [3.05, 3.63) is 23.5 Å². The van der Waals surface area contributed by atoms with Gasteiger partial charge in [0.2, 0.25) is 0 Å². The van der Waals surface area contributed by atoms with Crippen LogP contribution < -0.4 is 0 Å². The molecule has 0 aromatic carbocycles. The van der Waals surface area contributed by atoms with E-state index in [9.17, 15) is 0 Å². The zero-order valence-electron chi connectivity index (χ0n) is 8.99. The predicted molar refractivity (Wildman–Crippen MR) is 55.2 cm³/mol. The van der Waals surface area contributed by atoms with Crippen molar-refractivity contribution in [3.8, 4) is 0 Å². The van der Waals surface area contributed by atoms with Gasteiger partial charge in [-0.1, -0.05) is 6.08 Å². The molecule has 0 N–H and O–H groups in total. The van der Waals surface area contributed by atoms with Crippen molar-refractivity contribution in [2.24, 2.45) is 5.41 Å². The lowest BCUT2D eigenvalue weighted by Crippen LogP contribution is -2.16. The summed E-state index contributed by atoms with van der Waals surface area (Å²) in [6.07, 6.45) is 7.97. The summed E-state index contributed by atoms with van der Waals surface area (Å²) in [7, 11) is 1.65. The van der Waals surface area contributed by atoms with Gasteiger partial charge in [0.05, 0.1) is 12.7 Å². The number of rotatable bonds is 3. The predicted octanol–water partition coefficient (Wildman–Crippen LogP) is 2.00. The van der Waals surface area contributed by atoms with E-state index in [0.717, 1.165) is 18.8 Å². The van der Waals surface area contributed by atoms with Gasteiger partial charge in [-0.25, -0.2) is 0 Å². The summed E-state index contributed by atoms with van der Waals surface area (Å²) >= 11 is 0. The van der Waals surface area contributed by atoms with Crippen molar-refractivity contribution in [3.63, 3.8) is 0 Å². The molecule has 1 spiro atoms. The maximum Gasteiger partial charge on any atom is 0.188 e. The number of hydrogen-bond acceptors (Lipinski definition) is 3. The number of hydrogen-bond donors (Lipinski definition) is 0. The molecule has 2 fully saturated rings. The first kappa shape index (κ1) is 9.43. The fraction of sp³-hybridized carbons (Fsp3) is 0.667. The smallest absolute Gasteiger partial charge is 0.188 e. The minimum absolute atomic E-state index is 0.268. The molecular weight excluding hydrogens is 192 g/mol. The SMILES string of the molecule is COCOC1=C2C(CC=C1)OCC21CC1. The normalized spacial score (nSPS) is 30.9. The molecule has 82 valence electrons. The van der Waals surface area contributed by atoms with Crippen LogP contribution in [0.5, 0.6) is 0 Å². The summed E-state index contributed by atoms with van der Waals surface area (Å²) in [5.74, 6) is 0.989. The molecule has 0 bridgehead atoms. The fourth-order valence-electron chi connectivity index (χ4n) is 2.57. The lowest BCUT2D eigenvalue weighted by Gasteiger charge is -2.20. The summed E-state index contributed by atoms with van der Waals surface area (Å²) in [4.78, 5) is 0. The zero-order chi connectivity index (χ0) is 10.3. The van der Waals surface area contributed by atoms with Gasteiger partial charge in [-0.2, -0.15) is 0 Å². The van der Waals surface area contributed by atoms with Crippen LogP contribution in [0, 0.1) is 5.41 Å². The summed E-state index contributed by atoms with van der Waals surface area (Å²) in [6.45, 7) is 1.21. The van der Waals surface area contributed by atoms with Crippen molar-refractivity contribution in [1.29, 1.82) is 0 Å². The van der Waals surface area contributed by atoms with Crippen molar-refractivity contribution < 1.29 is 14.2 Å². The van der Waals surface area contributed by atoms with Crippen molar-refractivity contribution in [2.45, 2.75) is 25.4 Å².